The van der Waals surface area contributed by atoms with Crippen molar-refractivity contribution in [2.45, 2.75) is 39.8 Å². The first kappa shape index (κ1) is 15.0. The molecule has 0 saturated carbocycles. The van der Waals surface area contributed by atoms with E-state index in [0.29, 0.717) is 13.2 Å². The Balaban J connectivity index is 2.63. The highest BCUT2D eigenvalue weighted by atomic mass is 16.5. The van der Waals surface area contributed by atoms with Gasteiger partial charge in [0.15, 0.2) is 0 Å². The third-order valence-corrected chi connectivity index (χ3v) is 2.86. The number of benzene rings is 1. The van der Waals surface area contributed by atoms with Crippen LogP contribution in [0.1, 0.15) is 37.9 Å². The molecule has 1 unspecified atom stereocenters. The summed E-state index contributed by atoms with van der Waals surface area (Å²) in [4.78, 5) is 0. The minimum Gasteiger partial charge on any atom is -0.491 e. The Kier molecular flexibility index (Phi) is 6.16. The molecule has 0 amide bonds. The Hall–Kier alpha value is -1.06. The van der Waals surface area contributed by atoms with Crippen molar-refractivity contribution < 1.29 is 9.47 Å². The molecule has 1 aromatic carbocycles. The van der Waals surface area contributed by atoms with E-state index in [1.165, 1.54) is 11.1 Å². The molecule has 3 nitrogen and oxygen atoms in total. The lowest BCUT2D eigenvalue weighted by atomic mass is 10.0. The quantitative estimate of drug-likeness (QED) is 0.755. The van der Waals surface area contributed by atoms with Crippen molar-refractivity contribution in [1.29, 1.82) is 0 Å². The van der Waals surface area contributed by atoms with Gasteiger partial charge in [0.05, 0.1) is 12.7 Å². The highest BCUT2D eigenvalue weighted by Gasteiger charge is 2.10. The molecular formula is C15H25NO2. The van der Waals surface area contributed by atoms with E-state index in [-0.39, 0.29) is 12.1 Å². The van der Waals surface area contributed by atoms with Gasteiger partial charge in [-0.05, 0) is 40.8 Å². The predicted molar refractivity (Wildman–Crippen MR) is 75.2 cm³/mol. The molecule has 1 N–H and O–H groups in total. The van der Waals surface area contributed by atoms with Gasteiger partial charge in [-0.2, -0.15) is 0 Å². The van der Waals surface area contributed by atoms with Crippen LogP contribution >= 0.6 is 0 Å². The smallest absolute Gasteiger partial charge is 0.124 e. The van der Waals surface area contributed by atoms with Crippen LogP contribution in [0, 0.1) is 6.92 Å². The van der Waals surface area contributed by atoms with E-state index in [2.05, 4.69) is 31.3 Å². The molecule has 1 atom stereocenters. The van der Waals surface area contributed by atoms with Gasteiger partial charge in [0.2, 0.25) is 0 Å². The van der Waals surface area contributed by atoms with Crippen LogP contribution < -0.4 is 10.1 Å². The molecule has 0 aliphatic heterocycles. The van der Waals surface area contributed by atoms with Crippen LogP contribution in [0.5, 0.6) is 5.75 Å². The van der Waals surface area contributed by atoms with Crippen molar-refractivity contribution in [3.05, 3.63) is 29.3 Å². The van der Waals surface area contributed by atoms with Gasteiger partial charge in [-0.1, -0.05) is 17.7 Å². The number of hydrogen-bond acceptors (Lipinski definition) is 3. The lowest BCUT2D eigenvalue weighted by molar-refractivity contribution is 0.0549. The summed E-state index contributed by atoms with van der Waals surface area (Å²) in [5.74, 6) is 0.940. The Bertz CT molecular complexity index is 364. The molecule has 0 heterocycles. The third-order valence-electron chi connectivity index (χ3n) is 2.86. The zero-order valence-electron chi connectivity index (χ0n) is 12.1. The molecule has 0 aromatic heterocycles. The zero-order valence-corrected chi connectivity index (χ0v) is 12.1. The fraction of sp³-hybridized carbons (Fsp3) is 0.600. The van der Waals surface area contributed by atoms with Crippen molar-refractivity contribution in [3.8, 4) is 5.75 Å². The maximum Gasteiger partial charge on any atom is 0.124 e. The van der Waals surface area contributed by atoms with Crippen molar-refractivity contribution in [2.75, 3.05) is 20.3 Å². The Morgan fingerprint density at radius 2 is 1.89 bits per heavy atom. The van der Waals surface area contributed by atoms with Gasteiger partial charge in [-0.15, -0.1) is 0 Å². The summed E-state index contributed by atoms with van der Waals surface area (Å²) in [5, 5.41) is 3.25. The van der Waals surface area contributed by atoms with Gasteiger partial charge >= 0.3 is 0 Å². The second-order valence-electron chi connectivity index (χ2n) is 4.82. The van der Waals surface area contributed by atoms with Crippen LogP contribution in [-0.2, 0) is 4.74 Å². The number of aryl methyl sites for hydroxylation is 1. The number of ether oxygens (including phenoxy) is 2. The predicted octanol–water partition coefficient (Wildman–Crippen LogP) is 3.08. The third kappa shape index (κ3) is 4.67. The van der Waals surface area contributed by atoms with Crippen LogP contribution in [0.25, 0.3) is 0 Å². The lowest BCUT2D eigenvalue weighted by Crippen LogP contribution is -2.16. The number of rotatable bonds is 7. The minimum absolute atomic E-state index is 0.252. The molecule has 0 saturated heterocycles. The molecule has 3 heteroatoms. The van der Waals surface area contributed by atoms with Gasteiger partial charge in [-0.25, -0.2) is 0 Å². The van der Waals surface area contributed by atoms with Gasteiger partial charge in [0, 0.05) is 11.6 Å². The molecule has 0 fully saturated rings. The highest BCUT2D eigenvalue weighted by molar-refractivity contribution is 5.38. The van der Waals surface area contributed by atoms with Crippen LogP contribution in [0.2, 0.25) is 0 Å². The Morgan fingerprint density at radius 3 is 2.50 bits per heavy atom. The van der Waals surface area contributed by atoms with E-state index in [1.807, 2.05) is 27.0 Å². The minimum atomic E-state index is 0.252. The normalized spacial score (nSPS) is 12.8. The summed E-state index contributed by atoms with van der Waals surface area (Å²) < 4.78 is 11.3. The molecule has 0 aliphatic rings. The summed E-state index contributed by atoms with van der Waals surface area (Å²) in [6.07, 6.45) is 0.252. The molecule has 0 bridgehead atoms. The Labute approximate surface area is 110 Å². The van der Waals surface area contributed by atoms with Gasteiger partial charge in [-0.3, -0.25) is 0 Å². The summed E-state index contributed by atoms with van der Waals surface area (Å²) in [6.45, 7) is 9.49. The van der Waals surface area contributed by atoms with Crippen LogP contribution in [0.4, 0.5) is 0 Å². The molecule has 102 valence electrons. The van der Waals surface area contributed by atoms with Crippen molar-refractivity contribution >= 4 is 0 Å². The topological polar surface area (TPSA) is 30.5 Å². The molecule has 0 aliphatic carbocycles. The molecule has 18 heavy (non-hydrogen) atoms. The summed E-state index contributed by atoms with van der Waals surface area (Å²) in [5.41, 5.74) is 2.44. The van der Waals surface area contributed by atoms with Gasteiger partial charge < -0.3 is 14.8 Å². The molecule has 0 radical (unpaired) electrons. The van der Waals surface area contributed by atoms with E-state index in [0.717, 1.165) is 5.75 Å². The first-order valence-corrected chi connectivity index (χ1v) is 6.56. The highest BCUT2D eigenvalue weighted by Crippen LogP contribution is 2.26. The van der Waals surface area contributed by atoms with E-state index in [1.54, 1.807) is 0 Å². The second-order valence-corrected chi connectivity index (χ2v) is 4.82. The fourth-order valence-electron chi connectivity index (χ4n) is 1.73. The maximum absolute atomic E-state index is 5.80. The van der Waals surface area contributed by atoms with E-state index >= 15 is 0 Å². The average molecular weight is 251 g/mol. The summed E-state index contributed by atoms with van der Waals surface area (Å²) >= 11 is 0. The van der Waals surface area contributed by atoms with Crippen molar-refractivity contribution in [3.63, 3.8) is 0 Å². The van der Waals surface area contributed by atoms with Crippen molar-refractivity contribution in [1.82, 2.24) is 5.32 Å². The first-order valence-electron chi connectivity index (χ1n) is 6.56. The van der Waals surface area contributed by atoms with Gasteiger partial charge in [0.25, 0.3) is 0 Å². The van der Waals surface area contributed by atoms with Crippen LogP contribution in [0.15, 0.2) is 18.2 Å². The lowest BCUT2D eigenvalue weighted by Gasteiger charge is -2.17. The fourth-order valence-corrected chi connectivity index (χ4v) is 1.73. The Morgan fingerprint density at radius 1 is 1.17 bits per heavy atom. The zero-order chi connectivity index (χ0) is 13.5. The molecule has 1 rings (SSSR count). The largest absolute Gasteiger partial charge is 0.491 e. The van der Waals surface area contributed by atoms with Crippen LogP contribution in [-0.4, -0.2) is 26.4 Å². The standard InChI is InChI=1S/C15H25NO2/c1-11(2)17-8-9-18-15-7-6-12(3)10-14(15)13(4)16-5/h6-7,10-11,13,16H,8-9H2,1-5H3. The second kappa shape index (κ2) is 7.39. The van der Waals surface area contributed by atoms with E-state index in [4.69, 9.17) is 9.47 Å². The maximum atomic E-state index is 5.80. The SMILES string of the molecule is CNC(C)c1cc(C)ccc1OCCOC(C)C. The summed E-state index contributed by atoms with van der Waals surface area (Å²) in [7, 11) is 1.96. The number of hydrogen-bond donors (Lipinski definition) is 1. The van der Waals surface area contributed by atoms with Crippen molar-refractivity contribution in [2.24, 2.45) is 0 Å². The molecule has 1 aromatic rings. The summed E-state index contributed by atoms with van der Waals surface area (Å²) in [6, 6.07) is 6.56. The number of nitrogens with one attached hydrogen (secondary N) is 1. The molecule has 0 spiro atoms. The van der Waals surface area contributed by atoms with E-state index < -0.39 is 0 Å². The van der Waals surface area contributed by atoms with Gasteiger partial charge in [0.1, 0.15) is 12.4 Å². The molecular weight excluding hydrogens is 226 g/mol. The van der Waals surface area contributed by atoms with Crippen LogP contribution in [0.3, 0.4) is 0 Å². The van der Waals surface area contributed by atoms with E-state index in [9.17, 15) is 0 Å². The average Bonchev–Trinajstić information content (AvgIpc) is 2.34. The monoisotopic (exact) mass is 251 g/mol. The first-order chi connectivity index (χ1) is 8.54.